The highest BCUT2D eigenvalue weighted by molar-refractivity contribution is 5.77. The van der Waals surface area contributed by atoms with Crippen LogP contribution in [0.2, 0.25) is 0 Å². The Balaban J connectivity index is 2.39. The SMILES string of the molecule is CCN1CCN(C(=O)CC(C)(O)CC)CC1. The molecule has 0 aromatic carbocycles. The molecular weight excluding hydrogens is 204 g/mol. The Hall–Kier alpha value is -0.610. The van der Waals surface area contributed by atoms with Crippen LogP contribution in [0.15, 0.2) is 0 Å². The average molecular weight is 228 g/mol. The molecule has 0 aliphatic carbocycles. The van der Waals surface area contributed by atoms with E-state index in [4.69, 9.17) is 0 Å². The van der Waals surface area contributed by atoms with E-state index in [0.717, 1.165) is 32.7 Å². The van der Waals surface area contributed by atoms with E-state index < -0.39 is 5.60 Å². The third-order valence-electron chi connectivity index (χ3n) is 3.47. The normalized spacial score (nSPS) is 21.9. The molecule has 0 aromatic rings. The van der Waals surface area contributed by atoms with Gasteiger partial charge in [-0.2, -0.15) is 0 Å². The van der Waals surface area contributed by atoms with Crippen LogP contribution in [0.4, 0.5) is 0 Å². The molecule has 0 spiro atoms. The molecule has 0 radical (unpaired) electrons. The van der Waals surface area contributed by atoms with Gasteiger partial charge in [0.15, 0.2) is 0 Å². The Morgan fingerprint density at radius 2 is 1.81 bits per heavy atom. The first-order chi connectivity index (χ1) is 7.48. The van der Waals surface area contributed by atoms with Gasteiger partial charge in [0.25, 0.3) is 0 Å². The van der Waals surface area contributed by atoms with Crippen LogP contribution in [-0.4, -0.2) is 59.1 Å². The molecule has 1 fully saturated rings. The summed E-state index contributed by atoms with van der Waals surface area (Å²) in [6.07, 6.45) is 0.864. The van der Waals surface area contributed by atoms with Gasteiger partial charge in [0, 0.05) is 26.2 Å². The molecule has 1 saturated heterocycles. The molecule has 0 bridgehead atoms. The summed E-state index contributed by atoms with van der Waals surface area (Å²) in [6.45, 7) is 10.3. The van der Waals surface area contributed by atoms with Gasteiger partial charge in [-0.3, -0.25) is 4.79 Å². The summed E-state index contributed by atoms with van der Waals surface area (Å²) in [5.74, 6) is 0.0857. The topological polar surface area (TPSA) is 43.8 Å². The van der Waals surface area contributed by atoms with Gasteiger partial charge < -0.3 is 14.9 Å². The maximum Gasteiger partial charge on any atom is 0.225 e. The third-order valence-corrected chi connectivity index (χ3v) is 3.47. The van der Waals surface area contributed by atoms with E-state index in [0.29, 0.717) is 6.42 Å². The van der Waals surface area contributed by atoms with Crippen LogP contribution in [0.1, 0.15) is 33.6 Å². The highest BCUT2D eigenvalue weighted by Gasteiger charge is 2.27. The molecule has 1 atom stereocenters. The highest BCUT2D eigenvalue weighted by atomic mass is 16.3. The van der Waals surface area contributed by atoms with Crippen LogP contribution >= 0.6 is 0 Å². The quantitative estimate of drug-likeness (QED) is 0.770. The number of hydrogen-bond acceptors (Lipinski definition) is 3. The predicted molar refractivity (Wildman–Crippen MR) is 64.2 cm³/mol. The lowest BCUT2D eigenvalue weighted by molar-refractivity contribution is -0.137. The first kappa shape index (κ1) is 13.5. The van der Waals surface area contributed by atoms with Crippen LogP contribution in [0.5, 0.6) is 0 Å². The lowest BCUT2D eigenvalue weighted by Gasteiger charge is -2.35. The van der Waals surface area contributed by atoms with Crippen LogP contribution in [-0.2, 0) is 4.79 Å². The predicted octanol–water partition coefficient (Wildman–Crippen LogP) is 0.702. The molecule has 4 nitrogen and oxygen atoms in total. The number of likely N-dealkylation sites (N-methyl/N-ethyl adjacent to an activating group) is 1. The second-order valence-electron chi connectivity index (χ2n) is 4.84. The van der Waals surface area contributed by atoms with Gasteiger partial charge in [0.1, 0.15) is 0 Å². The lowest BCUT2D eigenvalue weighted by atomic mass is 9.98. The molecule has 1 unspecified atom stereocenters. The Kier molecular flexibility index (Phi) is 4.74. The van der Waals surface area contributed by atoms with Gasteiger partial charge in [0.05, 0.1) is 12.0 Å². The second kappa shape index (κ2) is 5.64. The van der Waals surface area contributed by atoms with Gasteiger partial charge in [0.2, 0.25) is 5.91 Å². The minimum absolute atomic E-state index is 0.0857. The smallest absolute Gasteiger partial charge is 0.225 e. The van der Waals surface area contributed by atoms with Crippen molar-refractivity contribution in [1.82, 2.24) is 9.80 Å². The fourth-order valence-corrected chi connectivity index (χ4v) is 1.88. The maximum atomic E-state index is 11.9. The van der Waals surface area contributed by atoms with Crippen molar-refractivity contribution in [2.24, 2.45) is 0 Å². The van der Waals surface area contributed by atoms with Crippen molar-refractivity contribution in [2.45, 2.75) is 39.2 Å². The van der Waals surface area contributed by atoms with Crippen molar-refractivity contribution in [3.63, 3.8) is 0 Å². The van der Waals surface area contributed by atoms with E-state index in [-0.39, 0.29) is 12.3 Å². The van der Waals surface area contributed by atoms with Gasteiger partial charge >= 0.3 is 0 Å². The molecule has 1 N–H and O–H groups in total. The first-order valence-corrected chi connectivity index (χ1v) is 6.21. The molecule has 1 rings (SSSR count). The summed E-state index contributed by atoms with van der Waals surface area (Å²) in [6, 6.07) is 0. The van der Waals surface area contributed by atoms with Gasteiger partial charge in [-0.05, 0) is 19.9 Å². The van der Waals surface area contributed by atoms with Crippen LogP contribution in [0.3, 0.4) is 0 Å². The van der Waals surface area contributed by atoms with Crippen molar-refractivity contribution in [3.8, 4) is 0 Å². The zero-order chi connectivity index (χ0) is 12.2. The molecule has 16 heavy (non-hydrogen) atoms. The number of hydrogen-bond donors (Lipinski definition) is 1. The lowest BCUT2D eigenvalue weighted by Crippen LogP contribution is -2.49. The molecule has 1 heterocycles. The van der Waals surface area contributed by atoms with Crippen LogP contribution in [0.25, 0.3) is 0 Å². The fourth-order valence-electron chi connectivity index (χ4n) is 1.88. The van der Waals surface area contributed by atoms with E-state index in [1.165, 1.54) is 0 Å². The summed E-state index contributed by atoms with van der Waals surface area (Å²) in [7, 11) is 0. The molecule has 0 aromatic heterocycles. The van der Waals surface area contributed by atoms with Crippen molar-refractivity contribution in [2.75, 3.05) is 32.7 Å². The number of nitrogens with zero attached hydrogens (tertiary/aromatic N) is 2. The Morgan fingerprint density at radius 3 is 2.25 bits per heavy atom. The monoisotopic (exact) mass is 228 g/mol. The zero-order valence-electron chi connectivity index (χ0n) is 10.7. The maximum absolute atomic E-state index is 11.9. The molecule has 1 aliphatic rings. The van der Waals surface area contributed by atoms with Crippen molar-refractivity contribution in [3.05, 3.63) is 0 Å². The van der Waals surface area contributed by atoms with E-state index in [2.05, 4.69) is 11.8 Å². The summed E-state index contributed by atoms with van der Waals surface area (Å²) >= 11 is 0. The van der Waals surface area contributed by atoms with Crippen molar-refractivity contribution in [1.29, 1.82) is 0 Å². The van der Waals surface area contributed by atoms with Crippen LogP contribution in [0, 0.1) is 0 Å². The zero-order valence-corrected chi connectivity index (χ0v) is 10.7. The fraction of sp³-hybridized carbons (Fsp3) is 0.917. The minimum Gasteiger partial charge on any atom is -0.390 e. The van der Waals surface area contributed by atoms with E-state index >= 15 is 0 Å². The van der Waals surface area contributed by atoms with E-state index in [1.807, 2.05) is 11.8 Å². The number of aliphatic hydroxyl groups is 1. The van der Waals surface area contributed by atoms with E-state index in [9.17, 15) is 9.90 Å². The summed E-state index contributed by atoms with van der Waals surface area (Å²) in [5, 5.41) is 9.86. The Labute approximate surface area is 98.2 Å². The number of carbonyl (C=O) groups is 1. The third kappa shape index (κ3) is 3.76. The highest BCUT2D eigenvalue weighted by Crippen LogP contribution is 2.16. The van der Waals surface area contributed by atoms with Gasteiger partial charge in [-0.25, -0.2) is 0 Å². The molecule has 4 heteroatoms. The molecule has 0 saturated carbocycles. The Morgan fingerprint density at radius 1 is 1.25 bits per heavy atom. The van der Waals surface area contributed by atoms with E-state index in [1.54, 1.807) is 6.92 Å². The van der Waals surface area contributed by atoms with Gasteiger partial charge in [-0.15, -0.1) is 0 Å². The standard InChI is InChI=1S/C12H24N2O2/c1-4-12(3,16)10-11(15)14-8-6-13(5-2)7-9-14/h16H,4-10H2,1-3H3. The first-order valence-electron chi connectivity index (χ1n) is 6.21. The molecule has 1 amide bonds. The molecule has 1 aliphatic heterocycles. The minimum atomic E-state index is -0.848. The summed E-state index contributed by atoms with van der Waals surface area (Å²) < 4.78 is 0. The second-order valence-corrected chi connectivity index (χ2v) is 4.84. The Bertz CT molecular complexity index is 233. The average Bonchev–Trinajstić information content (AvgIpc) is 2.28. The van der Waals surface area contributed by atoms with Crippen molar-refractivity contribution < 1.29 is 9.90 Å². The van der Waals surface area contributed by atoms with Crippen LogP contribution < -0.4 is 0 Å². The summed E-state index contributed by atoms with van der Waals surface area (Å²) in [5.41, 5.74) is -0.848. The number of piperazine rings is 1. The number of carbonyl (C=O) groups excluding carboxylic acids is 1. The molecular formula is C12H24N2O2. The number of rotatable bonds is 4. The van der Waals surface area contributed by atoms with Crippen molar-refractivity contribution >= 4 is 5.91 Å². The molecule has 94 valence electrons. The summed E-state index contributed by atoms with van der Waals surface area (Å²) in [4.78, 5) is 16.1. The van der Waals surface area contributed by atoms with Gasteiger partial charge in [-0.1, -0.05) is 13.8 Å². The number of amides is 1. The largest absolute Gasteiger partial charge is 0.390 e.